The van der Waals surface area contributed by atoms with Gasteiger partial charge in [-0.05, 0) is 37.3 Å². The minimum Gasteiger partial charge on any atom is -0.0917 e. The molecule has 0 atom stereocenters. The molecule has 0 aliphatic heterocycles. The van der Waals surface area contributed by atoms with E-state index >= 15 is 0 Å². The lowest BCUT2D eigenvalue weighted by Gasteiger charge is -2.06. The van der Waals surface area contributed by atoms with Gasteiger partial charge in [-0.2, -0.15) is 0 Å². The van der Waals surface area contributed by atoms with Crippen LogP contribution in [0.1, 0.15) is 37.8 Å². The zero-order valence-electron chi connectivity index (χ0n) is 9.29. The van der Waals surface area contributed by atoms with Gasteiger partial charge >= 0.3 is 0 Å². The molecule has 0 saturated heterocycles. The molecule has 0 N–H and O–H groups in total. The summed E-state index contributed by atoms with van der Waals surface area (Å²) in [5.74, 6) is 0. The van der Waals surface area contributed by atoms with Gasteiger partial charge in [-0.1, -0.05) is 49.8 Å². The first kappa shape index (κ1) is 11.0. The molecule has 1 aromatic rings. The van der Waals surface area contributed by atoms with Crippen molar-refractivity contribution in [1.82, 2.24) is 0 Å². The first-order valence-corrected chi connectivity index (χ1v) is 5.56. The highest BCUT2D eigenvalue weighted by Gasteiger charge is 1.98. The molecule has 0 fully saturated rings. The maximum atomic E-state index is 2.26. The van der Waals surface area contributed by atoms with Crippen LogP contribution < -0.4 is 0 Å². The summed E-state index contributed by atoms with van der Waals surface area (Å²) in [5.41, 5.74) is 3.05. The Morgan fingerprint density at radius 3 is 2.29 bits per heavy atom. The fourth-order valence-electron chi connectivity index (χ4n) is 1.72. The lowest BCUT2D eigenvalue weighted by Crippen LogP contribution is -1.92. The second-order valence-corrected chi connectivity index (χ2v) is 3.63. The van der Waals surface area contributed by atoms with E-state index in [1.165, 1.54) is 30.4 Å². The first-order chi connectivity index (χ1) is 6.88. The number of benzene rings is 1. The summed E-state index contributed by atoms with van der Waals surface area (Å²) in [6.45, 7) is 4.32. The molecule has 1 rings (SSSR count). The third kappa shape index (κ3) is 3.37. The molecule has 0 amide bonds. The molecule has 0 heterocycles. The summed E-state index contributed by atoms with van der Waals surface area (Å²) in [4.78, 5) is 0. The molecule has 0 saturated carbocycles. The number of hydrogen-bond acceptors (Lipinski definition) is 0. The average Bonchev–Trinajstić information content (AvgIpc) is 2.21. The number of aryl methyl sites for hydroxylation is 2. The minimum atomic E-state index is 1.16. The number of allylic oxidation sites excluding steroid dienone is 2. The molecule has 0 aliphatic rings. The maximum absolute atomic E-state index is 2.26. The van der Waals surface area contributed by atoms with E-state index < -0.39 is 0 Å². The SMILES string of the molecule is C/C=C/CCc1ccccc1CCC. The van der Waals surface area contributed by atoms with E-state index in [2.05, 4.69) is 50.3 Å². The van der Waals surface area contributed by atoms with Crippen molar-refractivity contribution < 1.29 is 0 Å². The highest BCUT2D eigenvalue weighted by molar-refractivity contribution is 5.27. The van der Waals surface area contributed by atoms with Gasteiger partial charge in [0, 0.05) is 0 Å². The lowest BCUT2D eigenvalue weighted by molar-refractivity contribution is 0.883. The normalized spacial score (nSPS) is 11.0. The molecule has 0 unspecified atom stereocenters. The van der Waals surface area contributed by atoms with Crippen molar-refractivity contribution in [2.24, 2.45) is 0 Å². The third-order valence-electron chi connectivity index (χ3n) is 2.45. The Bertz CT molecular complexity index is 284. The minimum absolute atomic E-state index is 1.16. The van der Waals surface area contributed by atoms with Gasteiger partial charge in [0.05, 0.1) is 0 Å². The van der Waals surface area contributed by atoms with Crippen LogP contribution in [-0.4, -0.2) is 0 Å². The molecule has 76 valence electrons. The summed E-state index contributed by atoms with van der Waals surface area (Å²) in [6, 6.07) is 8.80. The van der Waals surface area contributed by atoms with Gasteiger partial charge in [-0.25, -0.2) is 0 Å². The molecule has 0 bridgehead atoms. The molecule has 0 radical (unpaired) electrons. The zero-order chi connectivity index (χ0) is 10.2. The second-order valence-electron chi connectivity index (χ2n) is 3.63. The quantitative estimate of drug-likeness (QED) is 0.609. The van der Waals surface area contributed by atoms with Gasteiger partial charge in [-0.3, -0.25) is 0 Å². The Morgan fingerprint density at radius 2 is 1.71 bits per heavy atom. The second kappa shape index (κ2) is 6.42. The summed E-state index contributed by atoms with van der Waals surface area (Å²) in [6.07, 6.45) is 9.16. The maximum Gasteiger partial charge on any atom is -0.0241 e. The van der Waals surface area contributed by atoms with Crippen LogP contribution >= 0.6 is 0 Å². The van der Waals surface area contributed by atoms with Crippen molar-refractivity contribution in [2.75, 3.05) is 0 Å². The van der Waals surface area contributed by atoms with Crippen molar-refractivity contribution in [3.8, 4) is 0 Å². The molecule has 0 aromatic heterocycles. The van der Waals surface area contributed by atoms with Crippen LogP contribution in [0.4, 0.5) is 0 Å². The highest BCUT2D eigenvalue weighted by atomic mass is 14.0. The highest BCUT2D eigenvalue weighted by Crippen LogP contribution is 2.13. The standard InChI is InChI=1S/C14H20/c1-3-5-6-10-14-12-8-7-11-13(14)9-4-2/h3,5,7-8,11-12H,4,6,9-10H2,1-2H3/b5-3+. The van der Waals surface area contributed by atoms with Crippen molar-refractivity contribution in [3.63, 3.8) is 0 Å². The first-order valence-electron chi connectivity index (χ1n) is 5.56. The van der Waals surface area contributed by atoms with Gasteiger partial charge < -0.3 is 0 Å². The van der Waals surface area contributed by atoms with E-state index in [-0.39, 0.29) is 0 Å². The Morgan fingerprint density at radius 1 is 1.07 bits per heavy atom. The van der Waals surface area contributed by atoms with Crippen LogP contribution in [0.2, 0.25) is 0 Å². The monoisotopic (exact) mass is 188 g/mol. The molecule has 14 heavy (non-hydrogen) atoms. The molecule has 0 nitrogen and oxygen atoms in total. The van der Waals surface area contributed by atoms with E-state index in [9.17, 15) is 0 Å². The third-order valence-corrected chi connectivity index (χ3v) is 2.45. The molecular formula is C14H20. The molecule has 0 aliphatic carbocycles. The van der Waals surface area contributed by atoms with Gasteiger partial charge in [0.1, 0.15) is 0 Å². The Labute approximate surface area is 87.7 Å². The summed E-state index contributed by atoms with van der Waals surface area (Å²) in [7, 11) is 0. The van der Waals surface area contributed by atoms with Crippen LogP contribution in [0.15, 0.2) is 36.4 Å². The summed E-state index contributed by atoms with van der Waals surface area (Å²) < 4.78 is 0. The van der Waals surface area contributed by atoms with E-state index in [0.717, 1.165) is 6.42 Å². The summed E-state index contributed by atoms with van der Waals surface area (Å²) in [5, 5.41) is 0. The fourth-order valence-corrected chi connectivity index (χ4v) is 1.72. The molecule has 0 spiro atoms. The Kier molecular flexibility index (Phi) is 5.06. The van der Waals surface area contributed by atoms with E-state index in [1.54, 1.807) is 0 Å². The van der Waals surface area contributed by atoms with Crippen LogP contribution in [0.5, 0.6) is 0 Å². The predicted molar refractivity (Wildman–Crippen MR) is 63.6 cm³/mol. The largest absolute Gasteiger partial charge is 0.0917 e. The van der Waals surface area contributed by atoms with Crippen molar-refractivity contribution in [2.45, 2.75) is 39.5 Å². The summed E-state index contributed by atoms with van der Waals surface area (Å²) >= 11 is 0. The van der Waals surface area contributed by atoms with Gasteiger partial charge in [0.25, 0.3) is 0 Å². The van der Waals surface area contributed by atoms with Gasteiger partial charge in [-0.15, -0.1) is 0 Å². The fraction of sp³-hybridized carbons (Fsp3) is 0.429. The van der Waals surface area contributed by atoms with Crippen molar-refractivity contribution >= 4 is 0 Å². The Balaban J connectivity index is 2.63. The van der Waals surface area contributed by atoms with E-state index in [0.29, 0.717) is 0 Å². The molecule has 1 aromatic carbocycles. The lowest BCUT2D eigenvalue weighted by atomic mass is 9.99. The van der Waals surface area contributed by atoms with E-state index in [4.69, 9.17) is 0 Å². The topological polar surface area (TPSA) is 0 Å². The van der Waals surface area contributed by atoms with Crippen LogP contribution in [0.25, 0.3) is 0 Å². The van der Waals surface area contributed by atoms with Crippen molar-refractivity contribution in [3.05, 3.63) is 47.5 Å². The molecule has 0 heteroatoms. The van der Waals surface area contributed by atoms with Gasteiger partial charge in [0.15, 0.2) is 0 Å². The van der Waals surface area contributed by atoms with Gasteiger partial charge in [0.2, 0.25) is 0 Å². The van der Waals surface area contributed by atoms with Crippen LogP contribution in [-0.2, 0) is 12.8 Å². The van der Waals surface area contributed by atoms with Crippen LogP contribution in [0, 0.1) is 0 Å². The van der Waals surface area contributed by atoms with E-state index in [1.807, 2.05) is 0 Å². The number of rotatable bonds is 5. The number of hydrogen-bond donors (Lipinski definition) is 0. The molecular weight excluding hydrogens is 168 g/mol. The smallest absolute Gasteiger partial charge is 0.0241 e. The van der Waals surface area contributed by atoms with Crippen molar-refractivity contribution in [1.29, 1.82) is 0 Å². The average molecular weight is 188 g/mol. The zero-order valence-corrected chi connectivity index (χ0v) is 9.29. The van der Waals surface area contributed by atoms with Crippen LogP contribution in [0.3, 0.4) is 0 Å². The Hall–Kier alpha value is -1.04. The predicted octanol–water partition coefficient (Wildman–Crippen LogP) is 4.15.